The Morgan fingerprint density at radius 1 is 0.286 bits per heavy atom. The molecule has 0 saturated carbocycles. The third-order valence-electron chi connectivity index (χ3n) is 13.8. The van der Waals surface area contributed by atoms with Crippen molar-refractivity contribution in [2.45, 2.75) is 0 Å². The van der Waals surface area contributed by atoms with Gasteiger partial charge in [0.25, 0.3) is 0 Å². The fourth-order valence-corrected chi connectivity index (χ4v) is 12.9. The number of nitrogens with zero attached hydrogens (tertiary/aromatic N) is 3. The van der Waals surface area contributed by atoms with Gasteiger partial charge >= 0.3 is 0 Å². The van der Waals surface area contributed by atoms with Crippen LogP contribution in [0.15, 0.2) is 221 Å². The zero-order chi connectivity index (χ0) is 45.9. The van der Waals surface area contributed by atoms with E-state index in [9.17, 15) is 0 Å². The normalized spacial score (nSPS) is 12.0. The molecule has 0 unspecified atom stereocenters. The number of aromatic nitrogens is 3. The Kier molecular flexibility index (Phi) is 8.63. The summed E-state index contributed by atoms with van der Waals surface area (Å²) in [6, 6.07) is 74.9. The first-order chi connectivity index (χ1) is 34.7. The van der Waals surface area contributed by atoms with E-state index < -0.39 is 0 Å². The summed E-state index contributed by atoms with van der Waals surface area (Å²) in [6.07, 6.45) is 0. The number of hydrogen-bond donors (Lipinski definition) is 0. The highest BCUT2D eigenvalue weighted by Gasteiger charge is 2.21. The summed E-state index contributed by atoms with van der Waals surface area (Å²) in [5, 5.41) is 9.33. The maximum atomic E-state index is 6.62. The molecule has 70 heavy (non-hydrogen) atoms. The predicted molar refractivity (Wildman–Crippen MR) is 293 cm³/mol. The van der Waals surface area contributed by atoms with Crippen LogP contribution in [-0.4, -0.2) is 15.0 Å². The molecule has 15 aromatic rings. The molecule has 0 saturated heterocycles. The number of thiophene rings is 2. The summed E-state index contributed by atoms with van der Waals surface area (Å²) >= 11 is 3.73. The van der Waals surface area contributed by atoms with Crippen molar-refractivity contribution in [1.82, 2.24) is 15.0 Å². The molecule has 5 nitrogen and oxygen atoms in total. The predicted octanol–water partition coefficient (Wildman–Crippen LogP) is 18.4. The molecule has 0 bridgehead atoms. The lowest BCUT2D eigenvalue weighted by Crippen LogP contribution is -2.00. The molecule has 0 aliphatic rings. The van der Waals surface area contributed by atoms with Crippen LogP contribution in [0.2, 0.25) is 0 Å². The molecule has 326 valence electrons. The molecule has 5 heterocycles. The Morgan fingerprint density at radius 3 is 1.76 bits per heavy atom. The van der Waals surface area contributed by atoms with Crippen LogP contribution >= 0.6 is 22.7 Å². The van der Waals surface area contributed by atoms with Gasteiger partial charge in [0.05, 0.1) is 0 Å². The van der Waals surface area contributed by atoms with Crippen LogP contribution in [0.3, 0.4) is 0 Å². The molecule has 0 N–H and O–H groups in total. The van der Waals surface area contributed by atoms with E-state index in [2.05, 4.69) is 158 Å². The average Bonchev–Trinajstić information content (AvgIpc) is 4.21. The highest BCUT2D eigenvalue weighted by molar-refractivity contribution is 7.26. The molecule has 7 heteroatoms. The van der Waals surface area contributed by atoms with E-state index in [-0.39, 0.29) is 0 Å². The Balaban J connectivity index is 0.856. The van der Waals surface area contributed by atoms with E-state index in [0.717, 1.165) is 77.3 Å². The molecule has 0 aliphatic carbocycles. The van der Waals surface area contributed by atoms with E-state index in [1.54, 1.807) is 0 Å². The van der Waals surface area contributed by atoms with Gasteiger partial charge in [-0.2, -0.15) is 0 Å². The molecule has 0 radical (unpaired) electrons. The van der Waals surface area contributed by atoms with Crippen molar-refractivity contribution in [3.63, 3.8) is 0 Å². The van der Waals surface area contributed by atoms with Gasteiger partial charge in [-0.05, 0) is 70.3 Å². The fourth-order valence-electron chi connectivity index (χ4n) is 10.5. The Morgan fingerprint density at radius 2 is 0.871 bits per heavy atom. The Bertz CT molecular complexity index is 4600. The summed E-state index contributed by atoms with van der Waals surface area (Å²) in [5.74, 6) is 1.76. The minimum atomic E-state index is 0.575. The molecule has 0 fully saturated rings. The number of furan rings is 2. The lowest BCUT2D eigenvalue weighted by Gasteiger charge is -2.10. The van der Waals surface area contributed by atoms with Crippen molar-refractivity contribution >= 4 is 107 Å². The maximum absolute atomic E-state index is 6.62. The largest absolute Gasteiger partial charge is 0.456 e. The topological polar surface area (TPSA) is 65.0 Å². The SMILES string of the molecule is c1ccc(-c2nc(-c3ccc(-c4cccc5c4oc4ccccc45)cc3)nc(-c3cccc4oc5ccc(-c6cccc7sc8c(-c9ccc%10c(c9)sc9ccccc9%10)cccc8c67)cc5c34)n2)cc1. The summed E-state index contributed by atoms with van der Waals surface area (Å²) in [6.45, 7) is 0. The first-order valence-electron chi connectivity index (χ1n) is 23.3. The van der Waals surface area contributed by atoms with Gasteiger partial charge in [-0.1, -0.05) is 170 Å². The van der Waals surface area contributed by atoms with Gasteiger partial charge in [0.1, 0.15) is 22.3 Å². The van der Waals surface area contributed by atoms with Crippen LogP contribution in [0, 0.1) is 0 Å². The van der Waals surface area contributed by atoms with E-state index in [1.807, 2.05) is 77.3 Å². The third kappa shape index (κ3) is 6.12. The van der Waals surface area contributed by atoms with Gasteiger partial charge < -0.3 is 8.83 Å². The van der Waals surface area contributed by atoms with Crippen LogP contribution in [0.5, 0.6) is 0 Å². The second-order valence-electron chi connectivity index (χ2n) is 17.8. The molecule has 5 aromatic heterocycles. The summed E-state index contributed by atoms with van der Waals surface area (Å²) < 4.78 is 18.2. The van der Waals surface area contributed by atoms with Gasteiger partial charge in [0.2, 0.25) is 0 Å². The summed E-state index contributed by atoms with van der Waals surface area (Å²) in [5.41, 5.74) is 12.9. The molecule has 0 amide bonds. The summed E-state index contributed by atoms with van der Waals surface area (Å²) in [7, 11) is 0. The number of benzene rings is 10. The quantitative estimate of drug-likeness (QED) is 0.166. The highest BCUT2D eigenvalue weighted by atomic mass is 32.1. The Hall–Kier alpha value is -8.75. The maximum Gasteiger partial charge on any atom is 0.164 e. The lowest BCUT2D eigenvalue weighted by atomic mass is 9.95. The first kappa shape index (κ1) is 39.3. The van der Waals surface area contributed by atoms with Crippen LogP contribution in [0.1, 0.15) is 0 Å². The van der Waals surface area contributed by atoms with E-state index in [0.29, 0.717) is 17.5 Å². The monoisotopic (exact) mass is 929 g/mol. The van der Waals surface area contributed by atoms with Crippen LogP contribution in [0.25, 0.3) is 152 Å². The fraction of sp³-hybridized carbons (Fsp3) is 0. The molecule has 0 aliphatic heterocycles. The zero-order valence-electron chi connectivity index (χ0n) is 37.2. The lowest BCUT2D eigenvalue weighted by molar-refractivity contribution is 0.669. The first-order valence-corrected chi connectivity index (χ1v) is 24.9. The second kappa shape index (κ2) is 15.4. The second-order valence-corrected chi connectivity index (χ2v) is 19.9. The van der Waals surface area contributed by atoms with Crippen LogP contribution < -0.4 is 0 Å². The molecule has 10 aromatic carbocycles. The number of hydrogen-bond acceptors (Lipinski definition) is 7. The number of rotatable bonds is 6. The third-order valence-corrected chi connectivity index (χ3v) is 16.1. The van der Waals surface area contributed by atoms with Crippen LogP contribution in [-0.2, 0) is 0 Å². The van der Waals surface area contributed by atoms with E-state index >= 15 is 0 Å². The van der Waals surface area contributed by atoms with E-state index in [4.69, 9.17) is 23.8 Å². The highest BCUT2D eigenvalue weighted by Crippen LogP contribution is 2.47. The van der Waals surface area contributed by atoms with Crippen molar-refractivity contribution in [3.05, 3.63) is 212 Å². The van der Waals surface area contributed by atoms with Crippen molar-refractivity contribution in [2.75, 3.05) is 0 Å². The standard InChI is InChI=1S/C63H35N3O2S2/c1-2-12-37(13-3-1)61-64-62(38-28-26-36(27-29-38)42-17-8-19-47-44-14-4-6-22-51(44)68-59(42)47)66-63(65-61)49-21-10-23-53-57(49)50-34-39(31-33-52(50)67-53)41-16-11-25-55-58(41)48-20-9-18-43(60(48)70-55)40-30-32-46-45-15-5-7-24-54(45)69-56(46)35-40/h1-35H. The van der Waals surface area contributed by atoms with Gasteiger partial charge in [-0.15, -0.1) is 22.7 Å². The minimum Gasteiger partial charge on any atom is -0.456 e. The summed E-state index contributed by atoms with van der Waals surface area (Å²) in [4.78, 5) is 15.5. The van der Waals surface area contributed by atoms with Gasteiger partial charge in [0.15, 0.2) is 17.5 Å². The zero-order valence-corrected chi connectivity index (χ0v) is 38.8. The molecule has 0 spiro atoms. The van der Waals surface area contributed by atoms with Crippen molar-refractivity contribution in [1.29, 1.82) is 0 Å². The van der Waals surface area contributed by atoms with E-state index in [1.165, 1.54) is 57.0 Å². The van der Waals surface area contributed by atoms with Crippen molar-refractivity contribution < 1.29 is 8.83 Å². The van der Waals surface area contributed by atoms with Crippen molar-refractivity contribution in [2.24, 2.45) is 0 Å². The molecular formula is C63H35N3O2S2. The van der Waals surface area contributed by atoms with Gasteiger partial charge in [-0.25, -0.2) is 15.0 Å². The van der Waals surface area contributed by atoms with Gasteiger partial charge in [0, 0.05) is 84.1 Å². The number of fused-ring (bicyclic) bond motifs is 12. The minimum absolute atomic E-state index is 0.575. The average molecular weight is 930 g/mol. The van der Waals surface area contributed by atoms with Gasteiger partial charge in [-0.3, -0.25) is 0 Å². The molecule has 15 rings (SSSR count). The number of para-hydroxylation sites is 2. The molecule has 0 atom stereocenters. The molecular weight excluding hydrogens is 895 g/mol. The van der Waals surface area contributed by atoms with Crippen molar-refractivity contribution in [3.8, 4) is 67.5 Å². The smallest absolute Gasteiger partial charge is 0.164 e. The Labute approximate surface area is 408 Å². The van der Waals surface area contributed by atoms with Crippen LogP contribution in [0.4, 0.5) is 0 Å².